The van der Waals surface area contributed by atoms with Gasteiger partial charge in [0.25, 0.3) is 0 Å². The number of hydrogen-bond donors (Lipinski definition) is 1. The average molecular weight is 262 g/mol. The van der Waals surface area contributed by atoms with E-state index in [0.717, 1.165) is 18.4 Å². The molecule has 1 aliphatic rings. The summed E-state index contributed by atoms with van der Waals surface area (Å²) in [4.78, 5) is 3.98. The Bertz CT molecular complexity index is 544. The summed E-state index contributed by atoms with van der Waals surface area (Å²) in [6.07, 6.45) is 5.14. The molecule has 1 unspecified atom stereocenters. The molecule has 2 aromatic rings. The van der Waals surface area contributed by atoms with Crippen molar-refractivity contribution in [2.24, 2.45) is 5.11 Å². The molecule has 0 amide bonds. The molecule has 92 valence electrons. The van der Waals surface area contributed by atoms with Crippen LogP contribution in [0.25, 0.3) is 0 Å². The molecular formula is C12H12ClN5. The van der Waals surface area contributed by atoms with Gasteiger partial charge in [0, 0.05) is 5.02 Å². The van der Waals surface area contributed by atoms with E-state index >= 15 is 0 Å². The first-order valence-electron chi connectivity index (χ1n) is 5.73. The molecule has 1 atom stereocenters. The molecule has 6 heteroatoms. The maximum atomic E-state index is 7.48. The molecule has 1 fully saturated rings. The van der Waals surface area contributed by atoms with Gasteiger partial charge >= 0.3 is 0 Å². The molecule has 1 N–H and O–H groups in total. The molecule has 0 saturated heterocycles. The second-order valence-corrected chi connectivity index (χ2v) is 4.96. The largest absolute Gasteiger partial charge is 0.244 e. The van der Waals surface area contributed by atoms with Crippen molar-refractivity contribution in [3.05, 3.63) is 47.5 Å². The predicted molar refractivity (Wildman–Crippen MR) is 66.6 cm³/mol. The lowest BCUT2D eigenvalue weighted by molar-refractivity contribution is 0.346. The molecule has 1 heterocycles. The number of nitrogens with zero attached hydrogens (tertiary/aromatic N) is 4. The van der Waals surface area contributed by atoms with E-state index < -0.39 is 0 Å². The summed E-state index contributed by atoms with van der Waals surface area (Å²) in [7, 11) is 0. The highest BCUT2D eigenvalue weighted by atomic mass is 35.5. The Morgan fingerprint density at radius 3 is 2.56 bits per heavy atom. The zero-order valence-electron chi connectivity index (χ0n) is 9.62. The van der Waals surface area contributed by atoms with E-state index in [2.05, 4.69) is 15.2 Å². The van der Waals surface area contributed by atoms with E-state index in [1.807, 2.05) is 28.9 Å². The monoisotopic (exact) mass is 261 g/mol. The van der Waals surface area contributed by atoms with Gasteiger partial charge in [0.05, 0.1) is 5.54 Å². The normalized spacial score (nSPS) is 18.3. The molecule has 1 saturated carbocycles. The lowest BCUT2D eigenvalue weighted by Crippen LogP contribution is -2.25. The Morgan fingerprint density at radius 2 is 2.06 bits per heavy atom. The van der Waals surface area contributed by atoms with Crippen molar-refractivity contribution in [3.63, 3.8) is 0 Å². The Balaban J connectivity index is 1.98. The third-order valence-electron chi connectivity index (χ3n) is 3.46. The van der Waals surface area contributed by atoms with Gasteiger partial charge in [0.2, 0.25) is 0 Å². The van der Waals surface area contributed by atoms with E-state index in [-0.39, 0.29) is 11.6 Å². The summed E-state index contributed by atoms with van der Waals surface area (Å²) in [5.74, 6) is 0. The van der Waals surface area contributed by atoms with Crippen molar-refractivity contribution >= 4 is 11.6 Å². The van der Waals surface area contributed by atoms with E-state index in [1.54, 1.807) is 6.33 Å². The Morgan fingerprint density at radius 1 is 1.33 bits per heavy atom. The van der Waals surface area contributed by atoms with E-state index in [9.17, 15) is 0 Å². The molecule has 18 heavy (non-hydrogen) atoms. The van der Waals surface area contributed by atoms with Crippen LogP contribution < -0.4 is 0 Å². The standard InChI is InChI=1S/C12H12ClN5/c13-10-3-1-9(2-4-10)11(17-14)12(5-6-12)18-8-15-7-16-18/h1-4,7-8,11,14H,5-6H2. The van der Waals surface area contributed by atoms with Crippen molar-refractivity contribution in [1.82, 2.24) is 14.8 Å². The number of hydrogen-bond acceptors (Lipinski definition) is 4. The van der Waals surface area contributed by atoms with Crippen LogP contribution in [0.5, 0.6) is 0 Å². The van der Waals surface area contributed by atoms with Crippen LogP contribution in [0, 0.1) is 5.53 Å². The summed E-state index contributed by atoms with van der Waals surface area (Å²) < 4.78 is 1.82. The molecule has 5 nitrogen and oxygen atoms in total. The van der Waals surface area contributed by atoms with Gasteiger partial charge in [-0.15, -0.1) is 0 Å². The molecule has 0 bridgehead atoms. The molecule has 0 aliphatic heterocycles. The second-order valence-electron chi connectivity index (χ2n) is 4.53. The molecule has 0 spiro atoms. The molecule has 0 radical (unpaired) electrons. The smallest absolute Gasteiger partial charge is 0.137 e. The van der Waals surface area contributed by atoms with Gasteiger partial charge in [-0.1, -0.05) is 23.7 Å². The SMILES string of the molecule is N=NC(c1ccc(Cl)cc1)C1(n2cncn2)CC1. The van der Waals surface area contributed by atoms with E-state index in [0.29, 0.717) is 5.02 Å². The first-order valence-corrected chi connectivity index (χ1v) is 6.11. The average Bonchev–Trinajstić information content (AvgIpc) is 2.99. The number of aromatic nitrogens is 3. The fourth-order valence-corrected chi connectivity index (χ4v) is 2.47. The van der Waals surface area contributed by atoms with E-state index in [1.165, 1.54) is 6.33 Å². The third kappa shape index (κ3) is 1.71. The predicted octanol–water partition coefficient (Wildman–Crippen LogP) is 3.19. The van der Waals surface area contributed by atoms with Crippen LogP contribution in [-0.2, 0) is 5.54 Å². The summed E-state index contributed by atoms with van der Waals surface area (Å²) in [6.45, 7) is 0. The topological polar surface area (TPSA) is 66.9 Å². The van der Waals surface area contributed by atoms with Crippen molar-refractivity contribution in [2.75, 3.05) is 0 Å². The maximum Gasteiger partial charge on any atom is 0.137 e. The van der Waals surface area contributed by atoms with Crippen molar-refractivity contribution in [3.8, 4) is 0 Å². The number of nitrogens with one attached hydrogen (secondary N) is 1. The van der Waals surface area contributed by atoms with Gasteiger partial charge in [0.1, 0.15) is 18.7 Å². The number of rotatable bonds is 4. The molecule has 1 aliphatic carbocycles. The zero-order chi connectivity index (χ0) is 12.6. The molecule has 1 aromatic carbocycles. The van der Waals surface area contributed by atoms with Crippen LogP contribution in [0.4, 0.5) is 0 Å². The summed E-state index contributed by atoms with van der Waals surface area (Å²) in [5.41, 5.74) is 8.25. The van der Waals surface area contributed by atoms with Crippen LogP contribution in [0.1, 0.15) is 24.4 Å². The third-order valence-corrected chi connectivity index (χ3v) is 3.71. The van der Waals surface area contributed by atoms with Gasteiger partial charge in [-0.2, -0.15) is 10.2 Å². The minimum absolute atomic E-state index is 0.216. The molecule has 1 aromatic heterocycles. The van der Waals surface area contributed by atoms with Crippen LogP contribution in [0.3, 0.4) is 0 Å². The zero-order valence-corrected chi connectivity index (χ0v) is 10.4. The minimum Gasteiger partial charge on any atom is -0.244 e. The summed E-state index contributed by atoms with van der Waals surface area (Å²) in [5, 5.41) is 8.68. The van der Waals surface area contributed by atoms with Crippen LogP contribution in [0.15, 0.2) is 42.0 Å². The van der Waals surface area contributed by atoms with Crippen LogP contribution in [0.2, 0.25) is 5.02 Å². The van der Waals surface area contributed by atoms with Crippen molar-refractivity contribution in [2.45, 2.75) is 24.4 Å². The summed E-state index contributed by atoms with van der Waals surface area (Å²) in [6, 6.07) is 7.26. The first kappa shape index (κ1) is 11.3. The minimum atomic E-state index is -0.225. The van der Waals surface area contributed by atoms with Gasteiger partial charge < -0.3 is 0 Å². The Labute approximate surface area is 109 Å². The molecular weight excluding hydrogens is 250 g/mol. The lowest BCUT2D eigenvalue weighted by Gasteiger charge is -2.22. The van der Waals surface area contributed by atoms with E-state index in [4.69, 9.17) is 17.1 Å². The highest BCUT2D eigenvalue weighted by Gasteiger charge is 2.53. The van der Waals surface area contributed by atoms with Crippen LogP contribution in [-0.4, -0.2) is 14.8 Å². The fraction of sp³-hybridized carbons (Fsp3) is 0.333. The highest BCUT2D eigenvalue weighted by Crippen LogP contribution is 2.54. The van der Waals surface area contributed by atoms with Crippen molar-refractivity contribution < 1.29 is 0 Å². The summed E-state index contributed by atoms with van der Waals surface area (Å²) >= 11 is 5.88. The highest BCUT2D eigenvalue weighted by molar-refractivity contribution is 6.30. The number of halogens is 1. The molecule has 3 rings (SSSR count). The lowest BCUT2D eigenvalue weighted by atomic mass is 9.98. The fourth-order valence-electron chi connectivity index (χ4n) is 2.34. The van der Waals surface area contributed by atoms with Crippen molar-refractivity contribution in [1.29, 1.82) is 5.53 Å². The van der Waals surface area contributed by atoms with Gasteiger partial charge in [-0.3, -0.25) is 0 Å². The number of benzene rings is 1. The van der Waals surface area contributed by atoms with Gasteiger partial charge in [-0.25, -0.2) is 15.2 Å². The van der Waals surface area contributed by atoms with Gasteiger partial charge in [-0.05, 0) is 30.5 Å². The van der Waals surface area contributed by atoms with Gasteiger partial charge in [0.15, 0.2) is 0 Å². The Hall–Kier alpha value is -1.75. The van der Waals surface area contributed by atoms with Crippen LogP contribution >= 0.6 is 11.6 Å². The maximum absolute atomic E-state index is 7.48. The quantitative estimate of drug-likeness (QED) is 0.859. The second kappa shape index (κ2) is 4.17. The first-order chi connectivity index (χ1) is 8.76. The Kier molecular flexibility index (Phi) is 2.63.